The maximum atomic E-state index is 11.7. The highest BCUT2D eigenvalue weighted by molar-refractivity contribution is 7.80. The van der Waals surface area contributed by atoms with Crippen molar-refractivity contribution in [3.63, 3.8) is 0 Å². The Morgan fingerprint density at radius 1 is 1.25 bits per heavy atom. The number of carbonyl (C=O) groups excluding carboxylic acids is 1. The minimum atomic E-state index is 0.113. The molecule has 1 rings (SSSR count). The van der Waals surface area contributed by atoms with E-state index in [1.807, 2.05) is 24.3 Å². The standard InChI is InChI=1S/C16H24N2OS/c1-2-3-4-5-6-10-15(19)18-12-13-8-7-9-14(11-13)16(17)20/h7-9,11H,2-6,10,12H2,1H3,(H2,17,20)(H,18,19). The van der Waals surface area contributed by atoms with E-state index in [1.165, 1.54) is 19.3 Å². The van der Waals surface area contributed by atoms with E-state index in [0.717, 1.165) is 24.0 Å². The number of thiocarbonyl (C=S) groups is 1. The van der Waals surface area contributed by atoms with Crippen LogP contribution in [0.4, 0.5) is 0 Å². The smallest absolute Gasteiger partial charge is 0.220 e. The Labute approximate surface area is 126 Å². The summed E-state index contributed by atoms with van der Waals surface area (Å²) in [6.45, 7) is 2.72. The zero-order valence-corrected chi connectivity index (χ0v) is 13.0. The Kier molecular flexibility index (Phi) is 7.88. The summed E-state index contributed by atoms with van der Waals surface area (Å²) in [7, 11) is 0. The molecule has 0 unspecified atom stereocenters. The summed E-state index contributed by atoms with van der Waals surface area (Å²) in [4.78, 5) is 12.1. The monoisotopic (exact) mass is 292 g/mol. The molecule has 1 amide bonds. The molecule has 110 valence electrons. The predicted octanol–water partition coefficient (Wildman–Crippen LogP) is 3.30. The number of nitrogens with two attached hydrogens (primary N) is 1. The lowest BCUT2D eigenvalue weighted by molar-refractivity contribution is -0.121. The van der Waals surface area contributed by atoms with E-state index in [9.17, 15) is 4.79 Å². The maximum absolute atomic E-state index is 11.7. The Balaban J connectivity index is 2.27. The van der Waals surface area contributed by atoms with Gasteiger partial charge in [0.25, 0.3) is 0 Å². The van der Waals surface area contributed by atoms with E-state index in [1.54, 1.807) is 0 Å². The molecule has 4 heteroatoms. The lowest BCUT2D eigenvalue weighted by Crippen LogP contribution is -2.22. The molecule has 3 nitrogen and oxygen atoms in total. The first-order chi connectivity index (χ1) is 9.63. The molecule has 1 aromatic carbocycles. The highest BCUT2D eigenvalue weighted by Crippen LogP contribution is 2.07. The molecule has 0 saturated carbocycles. The normalized spacial score (nSPS) is 10.2. The van der Waals surface area contributed by atoms with Gasteiger partial charge in [0, 0.05) is 18.5 Å². The number of nitrogens with one attached hydrogen (secondary N) is 1. The second kappa shape index (κ2) is 9.48. The summed E-state index contributed by atoms with van der Waals surface area (Å²) in [5.41, 5.74) is 7.45. The van der Waals surface area contributed by atoms with Gasteiger partial charge in [0.2, 0.25) is 5.91 Å². The highest BCUT2D eigenvalue weighted by atomic mass is 32.1. The molecule has 0 bridgehead atoms. The molecular formula is C16H24N2OS. The molecule has 0 radical (unpaired) electrons. The van der Waals surface area contributed by atoms with Crippen molar-refractivity contribution in [2.24, 2.45) is 5.73 Å². The van der Waals surface area contributed by atoms with Crippen LogP contribution in [0.15, 0.2) is 24.3 Å². The van der Waals surface area contributed by atoms with Crippen molar-refractivity contribution in [2.75, 3.05) is 0 Å². The third kappa shape index (κ3) is 6.66. The van der Waals surface area contributed by atoms with Gasteiger partial charge in [-0.05, 0) is 18.1 Å². The van der Waals surface area contributed by atoms with Gasteiger partial charge in [0.05, 0.1) is 0 Å². The van der Waals surface area contributed by atoms with Crippen molar-refractivity contribution >= 4 is 23.1 Å². The van der Waals surface area contributed by atoms with Crippen LogP contribution in [0, 0.1) is 0 Å². The van der Waals surface area contributed by atoms with Gasteiger partial charge in [-0.3, -0.25) is 4.79 Å². The van der Waals surface area contributed by atoms with E-state index in [4.69, 9.17) is 18.0 Å². The number of carbonyl (C=O) groups is 1. The van der Waals surface area contributed by atoms with Crippen LogP contribution >= 0.6 is 12.2 Å². The van der Waals surface area contributed by atoms with E-state index in [-0.39, 0.29) is 5.91 Å². The van der Waals surface area contributed by atoms with Gasteiger partial charge in [-0.1, -0.05) is 63.0 Å². The van der Waals surface area contributed by atoms with Crippen molar-refractivity contribution in [1.82, 2.24) is 5.32 Å². The van der Waals surface area contributed by atoms with Gasteiger partial charge in [-0.2, -0.15) is 0 Å². The minimum absolute atomic E-state index is 0.113. The van der Waals surface area contributed by atoms with E-state index in [0.29, 0.717) is 18.0 Å². The van der Waals surface area contributed by atoms with Crippen molar-refractivity contribution < 1.29 is 4.79 Å². The number of benzene rings is 1. The number of rotatable bonds is 9. The molecule has 0 aliphatic carbocycles. The molecule has 0 aromatic heterocycles. The number of hydrogen-bond acceptors (Lipinski definition) is 2. The molecular weight excluding hydrogens is 268 g/mol. The number of hydrogen-bond donors (Lipinski definition) is 2. The first-order valence-electron chi connectivity index (χ1n) is 7.29. The maximum Gasteiger partial charge on any atom is 0.220 e. The van der Waals surface area contributed by atoms with Crippen molar-refractivity contribution in [1.29, 1.82) is 0 Å². The zero-order chi connectivity index (χ0) is 14.8. The first-order valence-corrected chi connectivity index (χ1v) is 7.69. The van der Waals surface area contributed by atoms with Gasteiger partial charge < -0.3 is 11.1 Å². The summed E-state index contributed by atoms with van der Waals surface area (Å²) in [5, 5.41) is 2.93. The fourth-order valence-electron chi connectivity index (χ4n) is 2.01. The SMILES string of the molecule is CCCCCCCC(=O)NCc1cccc(C(N)=S)c1. The molecule has 0 heterocycles. The second-order valence-electron chi connectivity index (χ2n) is 5.01. The van der Waals surface area contributed by atoms with Crippen LogP contribution < -0.4 is 11.1 Å². The van der Waals surface area contributed by atoms with Crippen LogP contribution in [-0.2, 0) is 11.3 Å². The zero-order valence-electron chi connectivity index (χ0n) is 12.2. The Morgan fingerprint density at radius 2 is 2.00 bits per heavy atom. The van der Waals surface area contributed by atoms with Gasteiger partial charge in [-0.25, -0.2) is 0 Å². The van der Waals surface area contributed by atoms with Crippen LogP contribution in [0.5, 0.6) is 0 Å². The fraction of sp³-hybridized carbons (Fsp3) is 0.500. The summed E-state index contributed by atoms with van der Waals surface area (Å²) < 4.78 is 0. The molecule has 0 fully saturated rings. The molecule has 0 atom stereocenters. The van der Waals surface area contributed by atoms with Crippen LogP contribution in [0.1, 0.15) is 56.6 Å². The largest absolute Gasteiger partial charge is 0.389 e. The Bertz CT molecular complexity index is 446. The van der Waals surface area contributed by atoms with Gasteiger partial charge in [0.15, 0.2) is 0 Å². The van der Waals surface area contributed by atoms with Gasteiger partial charge in [-0.15, -0.1) is 0 Å². The van der Waals surface area contributed by atoms with E-state index < -0.39 is 0 Å². The van der Waals surface area contributed by atoms with Crippen LogP contribution in [0.25, 0.3) is 0 Å². The third-order valence-electron chi connectivity index (χ3n) is 3.21. The lowest BCUT2D eigenvalue weighted by Gasteiger charge is -2.07. The quantitative estimate of drug-likeness (QED) is 0.542. The third-order valence-corrected chi connectivity index (χ3v) is 3.44. The molecule has 0 spiro atoms. The molecule has 0 aliphatic rings. The van der Waals surface area contributed by atoms with Gasteiger partial charge >= 0.3 is 0 Å². The van der Waals surface area contributed by atoms with Crippen LogP contribution in [0.2, 0.25) is 0 Å². The van der Waals surface area contributed by atoms with Crippen LogP contribution in [0.3, 0.4) is 0 Å². The molecule has 1 aromatic rings. The fourth-order valence-corrected chi connectivity index (χ4v) is 2.14. The minimum Gasteiger partial charge on any atom is -0.389 e. The van der Waals surface area contributed by atoms with Gasteiger partial charge in [0.1, 0.15) is 4.99 Å². The van der Waals surface area contributed by atoms with E-state index >= 15 is 0 Å². The first kappa shape index (κ1) is 16.6. The molecule has 0 saturated heterocycles. The average Bonchev–Trinajstić information content (AvgIpc) is 2.45. The Hall–Kier alpha value is -1.42. The average molecular weight is 292 g/mol. The number of amides is 1. The topological polar surface area (TPSA) is 55.1 Å². The number of unbranched alkanes of at least 4 members (excludes halogenated alkanes) is 4. The highest BCUT2D eigenvalue weighted by Gasteiger charge is 2.02. The summed E-state index contributed by atoms with van der Waals surface area (Å²) in [5.74, 6) is 0.113. The van der Waals surface area contributed by atoms with Crippen molar-refractivity contribution in [3.05, 3.63) is 35.4 Å². The lowest BCUT2D eigenvalue weighted by atomic mass is 10.1. The molecule has 3 N–H and O–H groups in total. The summed E-state index contributed by atoms with van der Waals surface area (Å²) >= 11 is 4.94. The van der Waals surface area contributed by atoms with E-state index in [2.05, 4.69) is 12.2 Å². The van der Waals surface area contributed by atoms with Crippen molar-refractivity contribution in [2.45, 2.75) is 52.0 Å². The molecule has 0 aliphatic heterocycles. The summed E-state index contributed by atoms with van der Waals surface area (Å²) in [6, 6.07) is 7.66. The Morgan fingerprint density at radius 3 is 2.70 bits per heavy atom. The predicted molar refractivity (Wildman–Crippen MR) is 87.6 cm³/mol. The van der Waals surface area contributed by atoms with Crippen LogP contribution in [-0.4, -0.2) is 10.9 Å². The van der Waals surface area contributed by atoms with Crippen molar-refractivity contribution in [3.8, 4) is 0 Å². The summed E-state index contributed by atoms with van der Waals surface area (Å²) in [6.07, 6.45) is 6.42. The second-order valence-corrected chi connectivity index (χ2v) is 5.45. The molecule has 20 heavy (non-hydrogen) atoms.